The summed E-state index contributed by atoms with van der Waals surface area (Å²) in [7, 11) is 0. The molecule has 0 saturated carbocycles. The highest BCUT2D eigenvalue weighted by molar-refractivity contribution is 7.17. The third kappa shape index (κ3) is 3.66. The highest BCUT2D eigenvalue weighted by atomic mass is 32.1. The molecule has 0 aromatic carbocycles. The van der Waals surface area contributed by atoms with Crippen LogP contribution in [-0.4, -0.2) is 28.3 Å². The molecule has 1 N–H and O–H groups in total. The van der Waals surface area contributed by atoms with Crippen molar-refractivity contribution < 1.29 is 18.7 Å². The van der Waals surface area contributed by atoms with E-state index in [2.05, 4.69) is 15.3 Å². The van der Waals surface area contributed by atoms with Gasteiger partial charge in [-0.2, -0.15) is 0 Å². The lowest BCUT2D eigenvalue weighted by Gasteiger charge is -1.99. The number of hydrogen-bond acceptors (Lipinski definition) is 8. The fourth-order valence-electron chi connectivity index (χ4n) is 1.61. The molecule has 112 valence electrons. The van der Waals surface area contributed by atoms with Gasteiger partial charge in [-0.05, 0) is 13.8 Å². The smallest absolute Gasteiger partial charge is 0.358 e. The standard InChI is InChI=1S/C13H15N3O4S/c1-4-19-12(18)10-11(8(3)17)21-13(16-10)15-6-9-14-5-7(2)20-9/h5H,4,6H2,1-3H3,(H,15,16). The predicted molar refractivity (Wildman–Crippen MR) is 76.6 cm³/mol. The molecule has 0 bridgehead atoms. The second-order valence-electron chi connectivity index (χ2n) is 4.19. The maximum atomic E-state index is 11.8. The second-order valence-corrected chi connectivity index (χ2v) is 5.19. The molecule has 0 radical (unpaired) electrons. The van der Waals surface area contributed by atoms with Crippen molar-refractivity contribution in [2.75, 3.05) is 11.9 Å². The van der Waals surface area contributed by atoms with E-state index >= 15 is 0 Å². The number of oxazole rings is 1. The number of ether oxygens (including phenoxy) is 1. The SMILES string of the molecule is CCOC(=O)c1nc(NCc2ncc(C)o2)sc1C(C)=O. The van der Waals surface area contributed by atoms with Gasteiger partial charge in [0.1, 0.15) is 10.6 Å². The van der Waals surface area contributed by atoms with E-state index in [0.29, 0.717) is 23.3 Å². The number of esters is 1. The van der Waals surface area contributed by atoms with E-state index in [9.17, 15) is 9.59 Å². The van der Waals surface area contributed by atoms with Gasteiger partial charge >= 0.3 is 5.97 Å². The molecular weight excluding hydrogens is 294 g/mol. The molecule has 2 aromatic heterocycles. The van der Waals surface area contributed by atoms with Crippen LogP contribution in [0.4, 0.5) is 5.13 Å². The normalized spacial score (nSPS) is 10.4. The molecule has 0 fully saturated rings. The molecule has 0 aliphatic rings. The van der Waals surface area contributed by atoms with Gasteiger partial charge in [0.25, 0.3) is 0 Å². The number of aromatic nitrogens is 2. The number of Topliss-reactive ketones (excluding diaryl/α,β-unsaturated/α-hetero) is 1. The van der Waals surface area contributed by atoms with E-state index in [0.717, 1.165) is 11.3 Å². The third-order valence-electron chi connectivity index (χ3n) is 2.48. The van der Waals surface area contributed by atoms with Crippen molar-refractivity contribution >= 4 is 28.2 Å². The number of carbonyl (C=O) groups is 2. The van der Waals surface area contributed by atoms with Gasteiger partial charge in [0.2, 0.25) is 5.89 Å². The summed E-state index contributed by atoms with van der Waals surface area (Å²) in [6, 6.07) is 0. The number of rotatable bonds is 6. The molecule has 21 heavy (non-hydrogen) atoms. The maximum absolute atomic E-state index is 11.8. The van der Waals surface area contributed by atoms with Crippen molar-refractivity contribution in [1.29, 1.82) is 0 Å². The van der Waals surface area contributed by atoms with E-state index in [1.54, 1.807) is 20.0 Å². The molecule has 0 amide bonds. The Kier molecular flexibility index (Phi) is 4.69. The van der Waals surface area contributed by atoms with Crippen LogP contribution < -0.4 is 5.32 Å². The van der Waals surface area contributed by atoms with Crippen molar-refractivity contribution in [3.05, 3.63) is 28.4 Å². The molecule has 2 rings (SSSR count). The maximum Gasteiger partial charge on any atom is 0.358 e. The van der Waals surface area contributed by atoms with Crippen molar-refractivity contribution in [2.45, 2.75) is 27.3 Å². The molecule has 7 nitrogen and oxygen atoms in total. The minimum absolute atomic E-state index is 0.0421. The number of anilines is 1. The van der Waals surface area contributed by atoms with Gasteiger partial charge in [0.15, 0.2) is 16.6 Å². The number of carbonyl (C=O) groups excluding carboxylic acids is 2. The Balaban J connectivity index is 2.15. The van der Waals surface area contributed by atoms with Crippen molar-refractivity contribution in [2.24, 2.45) is 0 Å². The van der Waals surface area contributed by atoms with E-state index in [4.69, 9.17) is 9.15 Å². The van der Waals surface area contributed by atoms with Crippen LogP contribution in [0.1, 0.15) is 45.7 Å². The Labute approximate surface area is 125 Å². The quantitative estimate of drug-likeness (QED) is 0.646. The molecular formula is C13H15N3O4S. The summed E-state index contributed by atoms with van der Waals surface area (Å²) >= 11 is 1.11. The second kappa shape index (κ2) is 6.49. The molecule has 0 atom stereocenters. The number of aryl methyl sites for hydroxylation is 1. The zero-order valence-corrected chi connectivity index (χ0v) is 12.7. The van der Waals surface area contributed by atoms with Gasteiger partial charge in [-0.25, -0.2) is 14.8 Å². The molecule has 8 heteroatoms. The highest BCUT2D eigenvalue weighted by Gasteiger charge is 2.22. The summed E-state index contributed by atoms with van der Waals surface area (Å²) < 4.78 is 10.2. The van der Waals surface area contributed by atoms with E-state index in [1.165, 1.54) is 6.92 Å². The molecule has 0 saturated heterocycles. The summed E-state index contributed by atoms with van der Waals surface area (Å²) in [4.78, 5) is 31.8. The highest BCUT2D eigenvalue weighted by Crippen LogP contribution is 2.24. The molecule has 0 spiro atoms. The van der Waals surface area contributed by atoms with Gasteiger partial charge in [0, 0.05) is 6.92 Å². The molecule has 2 aromatic rings. The van der Waals surface area contributed by atoms with Crippen LogP contribution in [0.25, 0.3) is 0 Å². The predicted octanol–water partition coefficient (Wildman–Crippen LogP) is 2.43. The summed E-state index contributed by atoms with van der Waals surface area (Å²) in [5.74, 6) is 0.391. The Morgan fingerprint density at radius 2 is 2.24 bits per heavy atom. The van der Waals surface area contributed by atoms with Crippen LogP contribution in [0.3, 0.4) is 0 Å². The van der Waals surface area contributed by atoms with Crippen LogP contribution in [0.5, 0.6) is 0 Å². The first-order valence-corrected chi connectivity index (χ1v) is 7.17. The molecule has 0 aliphatic carbocycles. The average Bonchev–Trinajstić information content (AvgIpc) is 3.03. The molecule has 0 unspecified atom stereocenters. The number of nitrogens with zero attached hydrogens (tertiary/aromatic N) is 2. The lowest BCUT2D eigenvalue weighted by Crippen LogP contribution is -2.09. The average molecular weight is 309 g/mol. The lowest BCUT2D eigenvalue weighted by molar-refractivity contribution is 0.0517. The van der Waals surface area contributed by atoms with E-state index in [1.807, 2.05) is 0 Å². The largest absolute Gasteiger partial charge is 0.461 e. The first-order chi connectivity index (χ1) is 10.0. The molecule has 0 aliphatic heterocycles. The van der Waals surface area contributed by atoms with E-state index in [-0.39, 0.29) is 23.0 Å². The van der Waals surface area contributed by atoms with Crippen molar-refractivity contribution in [3.63, 3.8) is 0 Å². The fraction of sp³-hybridized carbons (Fsp3) is 0.385. The number of nitrogens with one attached hydrogen (secondary N) is 1. The topological polar surface area (TPSA) is 94.3 Å². The van der Waals surface area contributed by atoms with Crippen molar-refractivity contribution in [3.8, 4) is 0 Å². The van der Waals surface area contributed by atoms with Gasteiger partial charge in [-0.15, -0.1) is 0 Å². The Bertz CT molecular complexity index is 662. The number of thiazole rings is 1. The zero-order valence-electron chi connectivity index (χ0n) is 11.9. The number of ketones is 1. The van der Waals surface area contributed by atoms with Crippen LogP contribution in [0.2, 0.25) is 0 Å². The number of hydrogen-bond donors (Lipinski definition) is 1. The zero-order chi connectivity index (χ0) is 15.4. The Morgan fingerprint density at radius 3 is 2.81 bits per heavy atom. The molecule has 2 heterocycles. The minimum Gasteiger partial charge on any atom is -0.461 e. The summed E-state index contributed by atoms with van der Waals surface area (Å²) in [5.41, 5.74) is 0.0421. The van der Waals surface area contributed by atoms with E-state index < -0.39 is 5.97 Å². The third-order valence-corrected chi connectivity index (χ3v) is 3.59. The lowest BCUT2D eigenvalue weighted by atomic mass is 10.3. The van der Waals surface area contributed by atoms with Gasteiger partial charge in [-0.1, -0.05) is 11.3 Å². The first-order valence-electron chi connectivity index (χ1n) is 6.35. The van der Waals surface area contributed by atoms with Crippen LogP contribution >= 0.6 is 11.3 Å². The van der Waals surface area contributed by atoms with Crippen LogP contribution in [0, 0.1) is 6.92 Å². The first kappa shape index (κ1) is 15.2. The fourth-order valence-corrected chi connectivity index (χ4v) is 2.45. The summed E-state index contributed by atoms with van der Waals surface area (Å²) in [6.45, 7) is 5.43. The Hall–Kier alpha value is -2.22. The monoisotopic (exact) mass is 309 g/mol. The summed E-state index contributed by atoms with van der Waals surface area (Å²) in [5, 5.41) is 3.42. The van der Waals surface area contributed by atoms with Gasteiger partial charge < -0.3 is 14.5 Å². The van der Waals surface area contributed by atoms with Gasteiger partial charge in [0.05, 0.1) is 19.3 Å². The van der Waals surface area contributed by atoms with Crippen LogP contribution in [0.15, 0.2) is 10.6 Å². The summed E-state index contributed by atoms with van der Waals surface area (Å²) in [6.07, 6.45) is 1.61. The van der Waals surface area contributed by atoms with Crippen molar-refractivity contribution in [1.82, 2.24) is 9.97 Å². The van der Waals surface area contributed by atoms with Gasteiger partial charge in [-0.3, -0.25) is 4.79 Å². The Morgan fingerprint density at radius 1 is 1.48 bits per heavy atom. The minimum atomic E-state index is -0.598. The van der Waals surface area contributed by atoms with Crippen LogP contribution in [-0.2, 0) is 11.3 Å².